The number of thiophene rings is 1. The fourth-order valence-corrected chi connectivity index (χ4v) is 4.88. The zero-order valence-corrected chi connectivity index (χ0v) is 16.4. The SMILES string of the molecule is CC1(C)Cc2c(sc3ncn4nc(-c5ccc(Cl)cc5Cl)nc4c23)CO1. The highest BCUT2D eigenvalue weighted by molar-refractivity contribution is 7.19. The van der Waals surface area contributed by atoms with Crippen molar-refractivity contribution in [3.63, 3.8) is 0 Å². The van der Waals surface area contributed by atoms with Crippen LogP contribution in [0.3, 0.4) is 0 Å². The van der Waals surface area contributed by atoms with Gasteiger partial charge in [-0.25, -0.2) is 14.5 Å². The Morgan fingerprint density at radius 3 is 2.92 bits per heavy atom. The van der Waals surface area contributed by atoms with Crippen LogP contribution in [0, 0.1) is 0 Å². The molecule has 8 heteroatoms. The lowest BCUT2D eigenvalue weighted by Gasteiger charge is -2.30. The zero-order valence-electron chi connectivity index (χ0n) is 14.1. The Bertz CT molecular complexity index is 1180. The number of hydrogen-bond donors (Lipinski definition) is 0. The van der Waals surface area contributed by atoms with Gasteiger partial charge in [-0.2, -0.15) is 0 Å². The normalized spacial score (nSPS) is 16.3. The van der Waals surface area contributed by atoms with Crippen LogP contribution in [-0.4, -0.2) is 25.2 Å². The molecule has 3 aromatic heterocycles. The lowest BCUT2D eigenvalue weighted by Crippen LogP contribution is -2.31. The van der Waals surface area contributed by atoms with Crippen molar-refractivity contribution in [2.24, 2.45) is 0 Å². The first-order valence-electron chi connectivity index (χ1n) is 8.16. The molecule has 0 saturated heterocycles. The molecule has 0 aliphatic carbocycles. The van der Waals surface area contributed by atoms with Crippen LogP contribution in [0.4, 0.5) is 0 Å². The van der Waals surface area contributed by atoms with Crippen LogP contribution >= 0.6 is 34.5 Å². The smallest absolute Gasteiger partial charge is 0.183 e. The molecule has 0 bridgehead atoms. The summed E-state index contributed by atoms with van der Waals surface area (Å²) >= 11 is 14.0. The van der Waals surface area contributed by atoms with E-state index in [0.717, 1.165) is 27.8 Å². The molecule has 0 saturated carbocycles. The maximum atomic E-state index is 6.34. The monoisotopic (exact) mass is 404 g/mol. The predicted octanol–water partition coefficient (Wildman–Crippen LogP) is 5.16. The van der Waals surface area contributed by atoms with Gasteiger partial charge in [0, 0.05) is 21.9 Å². The molecule has 0 fully saturated rings. The minimum absolute atomic E-state index is 0.198. The molecule has 26 heavy (non-hydrogen) atoms. The van der Waals surface area contributed by atoms with Gasteiger partial charge in [0.2, 0.25) is 0 Å². The van der Waals surface area contributed by atoms with Crippen molar-refractivity contribution < 1.29 is 4.74 Å². The summed E-state index contributed by atoms with van der Waals surface area (Å²) < 4.78 is 7.67. The van der Waals surface area contributed by atoms with Crippen LogP contribution in [0.2, 0.25) is 10.0 Å². The minimum atomic E-state index is -0.198. The molecule has 5 nitrogen and oxygen atoms in total. The summed E-state index contributed by atoms with van der Waals surface area (Å²) in [6.07, 6.45) is 2.53. The topological polar surface area (TPSA) is 52.3 Å². The number of rotatable bonds is 1. The van der Waals surface area contributed by atoms with E-state index >= 15 is 0 Å². The second-order valence-electron chi connectivity index (χ2n) is 6.98. The van der Waals surface area contributed by atoms with Crippen molar-refractivity contribution in [2.75, 3.05) is 0 Å². The summed E-state index contributed by atoms with van der Waals surface area (Å²) in [5.74, 6) is 0.562. The first-order chi connectivity index (χ1) is 12.4. The number of fused-ring (bicyclic) bond motifs is 5. The molecular formula is C18H14Cl2N4OS. The highest BCUT2D eigenvalue weighted by Gasteiger charge is 2.30. The maximum absolute atomic E-state index is 6.34. The van der Waals surface area contributed by atoms with Crippen molar-refractivity contribution in [1.82, 2.24) is 19.6 Å². The first kappa shape index (κ1) is 16.4. The van der Waals surface area contributed by atoms with E-state index in [1.165, 1.54) is 10.4 Å². The van der Waals surface area contributed by atoms with Crippen LogP contribution in [0.25, 0.3) is 27.3 Å². The Hall–Kier alpha value is -1.73. The zero-order chi connectivity index (χ0) is 18.1. The molecule has 0 atom stereocenters. The summed E-state index contributed by atoms with van der Waals surface area (Å²) in [4.78, 5) is 11.5. The molecule has 1 aliphatic rings. The Morgan fingerprint density at radius 1 is 1.27 bits per heavy atom. The van der Waals surface area contributed by atoms with Gasteiger partial charge in [0.25, 0.3) is 0 Å². The lowest BCUT2D eigenvalue weighted by atomic mass is 9.94. The third-order valence-corrected chi connectivity index (χ3v) is 6.24. The molecule has 0 radical (unpaired) electrons. The van der Waals surface area contributed by atoms with Gasteiger partial charge in [0.15, 0.2) is 11.5 Å². The Labute approximate surface area is 163 Å². The standard InChI is InChI=1S/C18H14Cl2N4OS/c1-18(2)6-11-13(7-25-18)26-17-14(11)16-22-15(23-24(16)8-21-17)10-4-3-9(19)5-12(10)20/h3-5,8H,6-7H2,1-2H3. The minimum Gasteiger partial charge on any atom is -0.370 e. The number of benzene rings is 1. The van der Waals surface area contributed by atoms with Crippen molar-refractivity contribution in [3.8, 4) is 11.4 Å². The molecule has 132 valence electrons. The van der Waals surface area contributed by atoms with E-state index in [-0.39, 0.29) is 5.60 Å². The molecule has 1 aliphatic heterocycles. The van der Waals surface area contributed by atoms with Crippen molar-refractivity contribution in [3.05, 3.63) is 45.0 Å². The number of ether oxygens (including phenoxy) is 1. The van der Waals surface area contributed by atoms with Crippen LogP contribution in [0.1, 0.15) is 24.3 Å². The summed E-state index contributed by atoms with van der Waals surface area (Å²) in [5, 5.41) is 6.75. The molecule has 0 unspecified atom stereocenters. The molecule has 5 rings (SSSR count). The van der Waals surface area contributed by atoms with E-state index < -0.39 is 0 Å². The highest BCUT2D eigenvalue weighted by atomic mass is 35.5. The number of aromatic nitrogens is 4. The Kier molecular flexibility index (Phi) is 3.56. The highest BCUT2D eigenvalue weighted by Crippen LogP contribution is 2.40. The molecule has 4 aromatic rings. The summed E-state index contributed by atoms with van der Waals surface area (Å²) in [5.41, 5.74) is 2.61. The van der Waals surface area contributed by atoms with Crippen LogP contribution < -0.4 is 0 Å². The van der Waals surface area contributed by atoms with Gasteiger partial charge in [-0.1, -0.05) is 23.2 Å². The molecule has 0 spiro atoms. The van der Waals surface area contributed by atoms with Crippen molar-refractivity contribution >= 4 is 50.4 Å². The van der Waals surface area contributed by atoms with Gasteiger partial charge in [0.05, 0.1) is 22.6 Å². The summed E-state index contributed by atoms with van der Waals surface area (Å²) in [6.45, 7) is 4.82. The Morgan fingerprint density at radius 2 is 2.12 bits per heavy atom. The van der Waals surface area contributed by atoms with Crippen LogP contribution in [0.5, 0.6) is 0 Å². The second-order valence-corrected chi connectivity index (χ2v) is 8.91. The average molecular weight is 405 g/mol. The third-order valence-electron chi connectivity index (χ3n) is 4.58. The van der Waals surface area contributed by atoms with E-state index in [0.29, 0.717) is 22.5 Å². The van der Waals surface area contributed by atoms with E-state index in [2.05, 4.69) is 23.9 Å². The van der Waals surface area contributed by atoms with Gasteiger partial charge < -0.3 is 4.74 Å². The number of hydrogen-bond acceptors (Lipinski definition) is 5. The maximum Gasteiger partial charge on any atom is 0.183 e. The van der Waals surface area contributed by atoms with E-state index in [1.807, 2.05) is 6.07 Å². The van der Waals surface area contributed by atoms with Gasteiger partial charge in [-0.3, -0.25) is 0 Å². The third kappa shape index (κ3) is 2.52. The van der Waals surface area contributed by atoms with Gasteiger partial charge >= 0.3 is 0 Å². The Balaban J connectivity index is 1.76. The first-order valence-corrected chi connectivity index (χ1v) is 9.73. The summed E-state index contributed by atoms with van der Waals surface area (Å²) in [6, 6.07) is 5.32. The number of halogens is 2. The fraction of sp³-hybridized carbons (Fsp3) is 0.278. The fourth-order valence-electron chi connectivity index (χ4n) is 3.33. The predicted molar refractivity (Wildman–Crippen MR) is 104 cm³/mol. The number of nitrogens with zero attached hydrogens (tertiary/aromatic N) is 4. The summed E-state index contributed by atoms with van der Waals surface area (Å²) in [7, 11) is 0. The largest absolute Gasteiger partial charge is 0.370 e. The molecule has 0 N–H and O–H groups in total. The van der Waals surface area contributed by atoms with Gasteiger partial charge in [-0.05, 0) is 37.6 Å². The van der Waals surface area contributed by atoms with Gasteiger partial charge in [0.1, 0.15) is 11.2 Å². The van der Waals surface area contributed by atoms with E-state index in [4.69, 9.17) is 32.9 Å². The molecule has 4 heterocycles. The van der Waals surface area contributed by atoms with E-state index in [9.17, 15) is 0 Å². The van der Waals surface area contributed by atoms with Crippen molar-refractivity contribution in [1.29, 1.82) is 0 Å². The van der Waals surface area contributed by atoms with E-state index in [1.54, 1.807) is 34.3 Å². The van der Waals surface area contributed by atoms with Gasteiger partial charge in [-0.15, -0.1) is 16.4 Å². The van der Waals surface area contributed by atoms with Crippen LogP contribution in [-0.2, 0) is 17.8 Å². The lowest BCUT2D eigenvalue weighted by molar-refractivity contribution is -0.0379. The molecular weight excluding hydrogens is 391 g/mol. The van der Waals surface area contributed by atoms with Crippen molar-refractivity contribution in [2.45, 2.75) is 32.5 Å². The second kappa shape index (κ2) is 5.63. The van der Waals surface area contributed by atoms with Crippen LogP contribution in [0.15, 0.2) is 24.5 Å². The average Bonchev–Trinajstić information content (AvgIpc) is 3.14. The quantitative estimate of drug-likeness (QED) is 0.439. The molecule has 1 aromatic carbocycles. The molecule has 0 amide bonds.